The number of amides is 4. The van der Waals surface area contributed by atoms with Crippen LogP contribution in [0.15, 0.2) is 71.9 Å². The van der Waals surface area contributed by atoms with Gasteiger partial charge in [-0.3, -0.25) is 23.9 Å². The minimum atomic E-state index is -3.72. The Balaban J connectivity index is 1.56. The van der Waals surface area contributed by atoms with Gasteiger partial charge in [0.2, 0.25) is 10.0 Å². The molecule has 2 aliphatic heterocycles. The topological polar surface area (TPSA) is 242 Å². The molecule has 4 amide bonds. The molecule has 22 heteroatoms. The van der Waals surface area contributed by atoms with Gasteiger partial charge in [-0.25, -0.2) is 27.6 Å². The first-order valence-corrected chi connectivity index (χ1v) is 30.5. The highest BCUT2D eigenvalue weighted by Gasteiger charge is 2.43. The second-order valence-electron chi connectivity index (χ2n) is 23.9. The monoisotopic (exact) mass is 1180 g/mol. The summed E-state index contributed by atoms with van der Waals surface area (Å²) < 4.78 is 53.8. The lowest BCUT2D eigenvalue weighted by atomic mass is 9.99. The van der Waals surface area contributed by atoms with Crippen LogP contribution in [0, 0.1) is 23.7 Å². The van der Waals surface area contributed by atoms with Crippen molar-refractivity contribution in [3.63, 3.8) is 0 Å². The molecular weight excluding hydrogens is 1090 g/mol. The summed E-state index contributed by atoms with van der Waals surface area (Å²) in [5, 5.41) is 4.33. The Morgan fingerprint density at radius 2 is 0.831 bits per heavy atom. The van der Waals surface area contributed by atoms with Crippen LogP contribution in [0.5, 0.6) is 0 Å². The molecule has 2 aliphatic rings. The number of esters is 4. The van der Waals surface area contributed by atoms with Gasteiger partial charge in [0, 0.05) is 60.3 Å². The Morgan fingerprint density at radius 1 is 0.482 bits per heavy atom. The zero-order valence-corrected chi connectivity index (χ0v) is 51.8. The average molecular weight is 1180 g/mol. The third kappa shape index (κ3) is 18.4. The Hall–Kier alpha value is -6.68. The molecule has 0 radical (unpaired) electrons. The highest BCUT2D eigenvalue weighted by molar-refractivity contribution is 7.89. The number of carbonyl (C=O) groups excluding carboxylic acids is 8. The Morgan fingerprint density at radius 3 is 1.22 bits per heavy atom. The largest absolute Gasteiger partial charge is 0.451 e. The van der Waals surface area contributed by atoms with Crippen LogP contribution in [0.4, 0.5) is 0 Å². The van der Waals surface area contributed by atoms with E-state index in [1.165, 1.54) is 63.4 Å². The normalized spacial score (nSPS) is 24.4. The number of aromatic nitrogens is 2. The zero-order chi connectivity index (χ0) is 61.6. The predicted octanol–water partition coefficient (Wildman–Crippen LogP) is 6.08. The maximum Gasteiger partial charge on any atom is 0.329 e. The van der Waals surface area contributed by atoms with Gasteiger partial charge in [0.15, 0.2) is 24.4 Å². The SMILES string of the molecule is CC(C)C[C@H]1C(=O)O[C@H](Cc2ccc(Cn3cc(S(=O)(=O)N4CCCCC4)cn3)cc2)C(=O)N(C)[C@@H](CC(C)C)C(=O)O[C@H](C)C(=O)N(C)[C@@H](CC(C)C)C(=O)O[C@H](Cc2ccccc2)C(=O)N(C)[C@@H](CC(C)C)C(=O)O[C@H](C)C(=O)N1C. The van der Waals surface area contributed by atoms with Gasteiger partial charge in [0.25, 0.3) is 23.6 Å². The van der Waals surface area contributed by atoms with E-state index in [0.717, 1.165) is 44.4 Å². The van der Waals surface area contributed by atoms with Gasteiger partial charge < -0.3 is 38.5 Å². The lowest BCUT2D eigenvalue weighted by molar-refractivity contribution is -0.176. The van der Waals surface area contributed by atoms with Crippen molar-refractivity contribution >= 4 is 57.5 Å². The van der Waals surface area contributed by atoms with Crippen LogP contribution < -0.4 is 0 Å². The van der Waals surface area contributed by atoms with E-state index < -0.39 is 106 Å². The molecule has 21 nitrogen and oxygen atoms in total. The highest BCUT2D eigenvalue weighted by Crippen LogP contribution is 2.26. The molecule has 2 aromatic carbocycles. The fraction of sp³-hybridized carbons (Fsp3) is 0.623. The lowest BCUT2D eigenvalue weighted by Gasteiger charge is -2.35. The number of sulfonamides is 1. The summed E-state index contributed by atoms with van der Waals surface area (Å²) in [6, 6.07) is 10.6. The van der Waals surface area contributed by atoms with Crippen molar-refractivity contribution in [3.05, 3.63) is 83.7 Å². The minimum Gasteiger partial charge on any atom is -0.451 e. The van der Waals surface area contributed by atoms with Crippen molar-refractivity contribution in [3.8, 4) is 0 Å². The molecule has 83 heavy (non-hydrogen) atoms. The fourth-order valence-electron chi connectivity index (χ4n) is 10.3. The number of cyclic esters (lactones) is 4. The summed E-state index contributed by atoms with van der Waals surface area (Å²) in [6.07, 6.45) is -0.766. The summed E-state index contributed by atoms with van der Waals surface area (Å²) in [5.74, 6) is -7.64. The van der Waals surface area contributed by atoms with E-state index >= 15 is 4.79 Å². The summed E-state index contributed by atoms with van der Waals surface area (Å²) in [7, 11) is 1.78. The van der Waals surface area contributed by atoms with E-state index in [9.17, 15) is 42.0 Å². The van der Waals surface area contributed by atoms with E-state index in [4.69, 9.17) is 18.9 Å². The Kier molecular flexibility index (Phi) is 24.4. The van der Waals surface area contributed by atoms with Crippen molar-refractivity contribution in [2.24, 2.45) is 23.7 Å². The Bertz CT molecular complexity index is 2800. The standard InChI is InChI=1S/C61H89N7O14S/c1-38(2)29-48-58(73)79-43(10)55(70)64(12)51(32-41(7)8)61(76)82-53(34-45-23-25-46(26-24-45)36-67-37-47(35-62-67)83(77,78)68-27-19-16-20-28-68)57(72)66(14)49(30-39(3)4)59(74)80-42(9)54(69)63(11)50(31-40(5)6)60(75)81-52(56(71)65(48)13)33-44-21-17-15-18-22-44/h15,17-18,21-26,35,37-43,48-53H,16,19-20,27-34,36H2,1-14H3/t42-,43-,48+,49+,50+,51+,52-,53-/m1/s1. The van der Waals surface area contributed by atoms with Crippen LogP contribution >= 0.6 is 0 Å². The molecule has 3 aromatic rings. The number of piperidine rings is 1. The van der Waals surface area contributed by atoms with Crippen LogP contribution in [0.25, 0.3) is 0 Å². The maximum atomic E-state index is 15.1. The van der Waals surface area contributed by atoms with Gasteiger partial charge in [-0.15, -0.1) is 0 Å². The molecule has 0 aliphatic carbocycles. The fourth-order valence-corrected chi connectivity index (χ4v) is 11.8. The van der Waals surface area contributed by atoms with Crippen LogP contribution in [0.1, 0.15) is 131 Å². The smallest absolute Gasteiger partial charge is 0.329 e. The number of ether oxygens (including phenoxy) is 4. The molecule has 458 valence electrons. The number of nitrogens with zero attached hydrogens (tertiary/aromatic N) is 7. The Labute approximate surface area is 490 Å². The predicted molar refractivity (Wildman–Crippen MR) is 309 cm³/mol. The molecular formula is C61H89N7O14S. The van der Waals surface area contributed by atoms with E-state index in [1.54, 1.807) is 54.6 Å². The molecule has 2 fully saturated rings. The quantitative estimate of drug-likeness (QED) is 0.117. The number of likely N-dealkylation sites (N-methyl/N-ethyl adjacent to an activating group) is 4. The molecule has 0 spiro atoms. The lowest BCUT2D eigenvalue weighted by Crippen LogP contribution is -2.55. The number of hydrogen-bond donors (Lipinski definition) is 0. The van der Waals surface area contributed by atoms with Gasteiger partial charge >= 0.3 is 23.9 Å². The summed E-state index contributed by atoms with van der Waals surface area (Å²) in [6.45, 7) is 18.5. The van der Waals surface area contributed by atoms with Crippen LogP contribution in [0.3, 0.4) is 0 Å². The number of hydrogen-bond acceptors (Lipinski definition) is 15. The third-order valence-electron chi connectivity index (χ3n) is 15.1. The van der Waals surface area contributed by atoms with Crippen molar-refractivity contribution in [1.82, 2.24) is 33.7 Å². The molecule has 8 atom stereocenters. The van der Waals surface area contributed by atoms with Crippen LogP contribution in [-0.2, 0) is 86.7 Å². The van der Waals surface area contributed by atoms with Crippen molar-refractivity contribution in [2.75, 3.05) is 41.3 Å². The van der Waals surface area contributed by atoms with Crippen LogP contribution in [-0.4, -0.2) is 179 Å². The average Bonchev–Trinajstić information content (AvgIpc) is 4.00. The van der Waals surface area contributed by atoms with Gasteiger partial charge in [-0.1, -0.05) is 116 Å². The maximum absolute atomic E-state index is 15.1. The molecule has 0 unspecified atom stereocenters. The molecule has 0 bridgehead atoms. The van der Waals surface area contributed by atoms with Crippen molar-refractivity contribution in [2.45, 2.75) is 187 Å². The molecule has 0 saturated carbocycles. The first kappa shape index (κ1) is 67.1. The summed E-state index contributed by atoms with van der Waals surface area (Å²) >= 11 is 0. The molecule has 3 heterocycles. The third-order valence-corrected chi connectivity index (χ3v) is 16.9. The van der Waals surface area contributed by atoms with Gasteiger partial charge in [0.1, 0.15) is 29.1 Å². The first-order valence-electron chi connectivity index (χ1n) is 29.0. The second kappa shape index (κ2) is 30.2. The van der Waals surface area contributed by atoms with Gasteiger partial charge in [0.05, 0.1) is 12.7 Å². The van der Waals surface area contributed by atoms with Gasteiger partial charge in [-0.2, -0.15) is 9.40 Å². The van der Waals surface area contributed by atoms with E-state index in [1.807, 2.05) is 55.4 Å². The van der Waals surface area contributed by atoms with E-state index in [2.05, 4.69) is 5.10 Å². The first-order chi connectivity index (χ1) is 39.0. The van der Waals surface area contributed by atoms with E-state index in [-0.39, 0.29) is 73.6 Å². The molecule has 2 saturated heterocycles. The van der Waals surface area contributed by atoms with Crippen molar-refractivity contribution in [1.29, 1.82) is 0 Å². The molecule has 5 rings (SSSR count). The number of carbonyl (C=O) groups is 8. The van der Waals surface area contributed by atoms with Gasteiger partial charge in [-0.05, 0) is 92.7 Å². The zero-order valence-electron chi connectivity index (χ0n) is 51.0. The van der Waals surface area contributed by atoms with Crippen molar-refractivity contribution < 1.29 is 65.7 Å². The minimum absolute atomic E-state index is 0.0527. The second-order valence-corrected chi connectivity index (χ2v) is 25.9. The number of rotatable bonds is 16. The van der Waals surface area contributed by atoms with E-state index in [0.29, 0.717) is 24.2 Å². The highest BCUT2D eigenvalue weighted by atomic mass is 32.2. The molecule has 1 aromatic heterocycles. The molecule has 0 N–H and O–H groups in total. The summed E-state index contributed by atoms with van der Waals surface area (Å²) in [4.78, 5) is 121. The number of benzene rings is 2. The summed E-state index contributed by atoms with van der Waals surface area (Å²) in [5.41, 5.74) is 1.90. The van der Waals surface area contributed by atoms with Crippen LogP contribution in [0.2, 0.25) is 0 Å².